The molecule has 1 amide bonds. The molecule has 0 radical (unpaired) electrons. The van der Waals surface area contributed by atoms with E-state index < -0.39 is 34.1 Å². The third-order valence-corrected chi connectivity index (χ3v) is 7.07. The van der Waals surface area contributed by atoms with Crippen LogP contribution in [0.1, 0.15) is 11.1 Å². The van der Waals surface area contributed by atoms with Gasteiger partial charge in [0.25, 0.3) is 0 Å². The van der Waals surface area contributed by atoms with Gasteiger partial charge in [0.15, 0.2) is 11.6 Å². The monoisotopic (exact) mass is 498 g/mol. The molecule has 0 bridgehead atoms. The minimum absolute atomic E-state index is 0.00351. The van der Waals surface area contributed by atoms with E-state index in [-0.39, 0.29) is 22.2 Å². The van der Waals surface area contributed by atoms with E-state index >= 15 is 0 Å². The van der Waals surface area contributed by atoms with Crippen molar-refractivity contribution in [1.29, 1.82) is 0 Å². The van der Waals surface area contributed by atoms with Gasteiger partial charge in [0.1, 0.15) is 0 Å². The van der Waals surface area contributed by atoms with Crippen molar-refractivity contribution in [3.63, 3.8) is 0 Å². The van der Waals surface area contributed by atoms with Crippen molar-refractivity contribution in [2.45, 2.75) is 18.4 Å². The van der Waals surface area contributed by atoms with Crippen LogP contribution in [0, 0.1) is 18.6 Å². The van der Waals surface area contributed by atoms with Crippen LogP contribution < -0.4 is 5.32 Å². The summed E-state index contributed by atoms with van der Waals surface area (Å²) >= 11 is 12.0. The van der Waals surface area contributed by atoms with Crippen molar-refractivity contribution in [1.82, 2.24) is 4.31 Å². The molecular formula is C22H18Cl2F2N2O3S. The lowest BCUT2D eigenvalue weighted by Crippen LogP contribution is -2.37. The number of nitrogens with one attached hydrogen (secondary N) is 1. The van der Waals surface area contributed by atoms with E-state index in [0.717, 1.165) is 22.0 Å². The first-order chi connectivity index (χ1) is 15.1. The molecule has 5 nitrogen and oxygen atoms in total. The highest BCUT2D eigenvalue weighted by Gasteiger charge is 2.27. The predicted octanol–water partition coefficient (Wildman–Crippen LogP) is 5.41. The number of amides is 1. The fourth-order valence-electron chi connectivity index (χ4n) is 2.86. The molecule has 0 aliphatic carbocycles. The molecule has 0 saturated carbocycles. The minimum Gasteiger partial charge on any atom is -0.325 e. The molecule has 1 N–H and O–H groups in total. The lowest BCUT2D eigenvalue weighted by Gasteiger charge is -2.22. The smallest absolute Gasteiger partial charge is 0.243 e. The Balaban J connectivity index is 1.89. The maximum atomic E-state index is 13.4. The zero-order valence-corrected chi connectivity index (χ0v) is 19.1. The Morgan fingerprint density at radius 3 is 2.25 bits per heavy atom. The van der Waals surface area contributed by atoms with Gasteiger partial charge in [-0.1, -0.05) is 47.0 Å². The fourth-order valence-corrected chi connectivity index (χ4v) is 4.57. The number of rotatable bonds is 7. The molecular weight excluding hydrogens is 481 g/mol. The Kier molecular flexibility index (Phi) is 7.51. The Bertz CT molecular complexity index is 1250. The van der Waals surface area contributed by atoms with E-state index in [2.05, 4.69) is 5.32 Å². The highest BCUT2D eigenvalue weighted by atomic mass is 35.5. The molecule has 0 atom stereocenters. The van der Waals surface area contributed by atoms with Crippen LogP contribution in [-0.4, -0.2) is 25.2 Å². The summed E-state index contributed by atoms with van der Waals surface area (Å²) < 4.78 is 54.1. The van der Waals surface area contributed by atoms with E-state index in [9.17, 15) is 22.0 Å². The van der Waals surface area contributed by atoms with Crippen LogP contribution in [0.15, 0.2) is 65.6 Å². The number of benzene rings is 3. The Labute approximate surface area is 194 Å². The molecule has 0 heterocycles. The van der Waals surface area contributed by atoms with Crippen molar-refractivity contribution < 1.29 is 22.0 Å². The molecule has 3 aromatic rings. The zero-order chi connectivity index (χ0) is 23.5. The Morgan fingerprint density at radius 1 is 0.938 bits per heavy atom. The highest BCUT2D eigenvalue weighted by Crippen LogP contribution is 2.25. The quantitative estimate of drug-likeness (QED) is 0.473. The maximum Gasteiger partial charge on any atom is 0.243 e. The summed E-state index contributed by atoms with van der Waals surface area (Å²) in [5, 5.41) is 2.92. The average Bonchev–Trinajstić information content (AvgIpc) is 2.73. The second kappa shape index (κ2) is 9.95. The van der Waals surface area contributed by atoms with Gasteiger partial charge in [0.05, 0.1) is 21.5 Å². The van der Waals surface area contributed by atoms with Gasteiger partial charge in [0.2, 0.25) is 15.9 Å². The van der Waals surface area contributed by atoms with Crippen LogP contribution in [0.4, 0.5) is 14.5 Å². The second-order valence-electron chi connectivity index (χ2n) is 7.01. The number of sulfonamides is 1. The highest BCUT2D eigenvalue weighted by molar-refractivity contribution is 7.89. The van der Waals surface area contributed by atoms with E-state index in [4.69, 9.17) is 23.2 Å². The minimum atomic E-state index is -4.08. The van der Waals surface area contributed by atoms with Gasteiger partial charge < -0.3 is 5.32 Å². The first-order valence-electron chi connectivity index (χ1n) is 9.32. The van der Waals surface area contributed by atoms with E-state index in [1.165, 1.54) is 30.3 Å². The summed E-state index contributed by atoms with van der Waals surface area (Å²) in [6, 6.07) is 13.7. The van der Waals surface area contributed by atoms with Gasteiger partial charge in [-0.3, -0.25) is 4.79 Å². The molecule has 0 aromatic heterocycles. The van der Waals surface area contributed by atoms with Gasteiger partial charge in [-0.15, -0.1) is 0 Å². The topological polar surface area (TPSA) is 66.5 Å². The summed E-state index contributed by atoms with van der Waals surface area (Å²) in [4.78, 5) is 12.6. The number of carbonyl (C=O) groups is 1. The first-order valence-corrected chi connectivity index (χ1v) is 11.5. The van der Waals surface area contributed by atoms with Gasteiger partial charge in [-0.2, -0.15) is 4.31 Å². The molecule has 0 spiro atoms. The number of carbonyl (C=O) groups excluding carboxylic acids is 1. The van der Waals surface area contributed by atoms with E-state index in [1.807, 2.05) is 6.92 Å². The molecule has 168 valence electrons. The SMILES string of the molecule is Cc1ccc(S(=O)(=O)N(CC(=O)Nc2ccc(F)c(F)c2)Cc2ccc(Cl)c(Cl)c2)cc1. The van der Waals surface area contributed by atoms with Gasteiger partial charge in [-0.05, 0) is 48.9 Å². The number of anilines is 1. The standard InChI is InChI=1S/C22H18Cl2F2N2O3S/c1-14-2-6-17(7-3-14)32(30,31)28(12-15-4-8-18(23)19(24)10-15)13-22(29)27-16-5-9-20(25)21(26)11-16/h2-11H,12-13H2,1H3,(H,27,29). The molecule has 0 aliphatic heterocycles. The normalized spacial score (nSPS) is 11.6. The Hall–Kier alpha value is -2.52. The summed E-state index contributed by atoms with van der Waals surface area (Å²) in [6.07, 6.45) is 0. The van der Waals surface area contributed by atoms with Crippen molar-refractivity contribution >= 4 is 44.8 Å². The average molecular weight is 499 g/mol. The first kappa shape index (κ1) is 24.1. The Morgan fingerprint density at radius 2 is 1.62 bits per heavy atom. The summed E-state index contributed by atoms with van der Waals surface area (Å²) in [7, 11) is -4.08. The third-order valence-electron chi connectivity index (χ3n) is 4.53. The predicted molar refractivity (Wildman–Crippen MR) is 120 cm³/mol. The van der Waals surface area contributed by atoms with Crippen molar-refractivity contribution in [3.05, 3.63) is 93.5 Å². The largest absolute Gasteiger partial charge is 0.325 e. The zero-order valence-electron chi connectivity index (χ0n) is 16.8. The summed E-state index contributed by atoms with van der Waals surface area (Å²) in [5.41, 5.74) is 1.38. The van der Waals surface area contributed by atoms with Gasteiger partial charge in [-0.25, -0.2) is 17.2 Å². The van der Waals surface area contributed by atoms with Crippen LogP contribution >= 0.6 is 23.2 Å². The van der Waals surface area contributed by atoms with Crippen LogP contribution in [-0.2, 0) is 21.4 Å². The lowest BCUT2D eigenvalue weighted by atomic mass is 10.2. The van der Waals surface area contributed by atoms with Crippen LogP contribution in [0.5, 0.6) is 0 Å². The molecule has 10 heteroatoms. The molecule has 32 heavy (non-hydrogen) atoms. The van der Waals surface area contributed by atoms with Crippen molar-refractivity contribution in [3.8, 4) is 0 Å². The molecule has 0 saturated heterocycles. The second-order valence-corrected chi connectivity index (χ2v) is 9.76. The van der Waals surface area contributed by atoms with E-state index in [0.29, 0.717) is 10.6 Å². The molecule has 0 fully saturated rings. The number of halogens is 4. The molecule has 3 aromatic carbocycles. The number of aryl methyl sites for hydroxylation is 1. The molecule has 0 unspecified atom stereocenters. The maximum absolute atomic E-state index is 13.4. The van der Waals surface area contributed by atoms with Crippen LogP contribution in [0.25, 0.3) is 0 Å². The number of nitrogens with zero attached hydrogens (tertiary/aromatic N) is 1. The van der Waals surface area contributed by atoms with Crippen molar-refractivity contribution in [2.75, 3.05) is 11.9 Å². The summed E-state index contributed by atoms with van der Waals surface area (Å²) in [6.45, 7) is 1.08. The number of hydrogen-bond donors (Lipinski definition) is 1. The fraction of sp³-hybridized carbons (Fsp3) is 0.136. The summed E-state index contributed by atoms with van der Waals surface area (Å²) in [5.74, 6) is -2.93. The van der Waals surface area contributed by atoms with Crippen LogP contribution in [0.3, 0.4) is 0 Å². The van der Waals surface area contributed by atoms with Gasteiger partial charge in [0, 0.05) is 18.3 Å². The van der Waals surface area contributed by atoms with Crippen LogP contribution in [0.2, 0.25) is 10.0 Å². The van der Waals surface area contributed by atoms with Gasteiger partial charge >= 0.3 is 0 Å². The molecule has 0 aliphatic rings. The van der Waals surface area contributed by atoms with E-state index in [1.54, 1.807) is 18.2 Å². The lowest BCUT2D eigenvalue weighted by molar-refractivity contribution is -0.116. The van der Waals surface area contributed by atoms with Crippen molar-refractivity contribution in [2.24, 2.45) is 0 Å². The number of hydrogen-bond acceptors (Lipinski definition) is 3. The third kappa shape index (κ3) is 5.83. The molecule has 3 rings (SSSR count).